The smallest absolute Gasteiger partial charge is 0.164 e. The van der Waals surface area contributed by atoms with E-state index in [9.17, 15) is 9.50 Å². The lowest BCUT2D eigenvalue weighted by Crippen LogP contribution is -2.25. The standard InChI is InChI=1S/C13H15ClFN3O/c1-13(2,3)18-11(7-19)16-17-12(18)8-4-5-10(15)9(14)6-8/h4-6,19H,7H2,1-3H3. The van der Waals surface area contributed by atoms with Crippen molar-refractivity contribution in [2.45, 2.75) is 32.9 Å². The molecule has 6 heteroatoms. The van der Waals surface area contributed by atoms with Crippen LogP contribution in [0, 0.1) is 5.82 Å². The summed E-state index contributed by atoms with van der Waals surface area (Å²) in [6.45, 7) is 5.72. The van der Waals surface area contributed by atoms with Crippen LogP contribution in [0.3, 0.4) is 0 Å². The number of aliphatic hydroxyl groups is 1. The summed E-state index contributed by atoms with van der Waals surface area (Å²) in [5, 5.41) is 17.4. The topological polar surface area (TPSA) is 50.9 Å². The van der Waals surface area contributed by atoms with Crippen molar-refractivity contribution in [3.05, 3.63) is 34.9 Å². The largest absolute Gasteiger partial charge is 0.388 e. The molecule has 1 heterocycles. The third-order valence-corrected chi connectivity index (χ3v) is 3.01. The summed E-state index contributed by atoms with van der Waals surface area (Å²) in [5.74, 6) is 0.538. The molecule has 0 spiro atoms. The van der Waals surface area contributed by atoms with E-state index in [0.717, 1.165) is 0 Å². The van der Waals surface area contributed by atoms with Gasteiger partial charge in [-0.1, -0.05) is 11.6 Å². The molecule has 0 saturated carbocycles. The van der Waals surface area contributed by atoms with Crippen LogP contribution < -0.4 is 0 Å². The van der Waals surface area contributed by atoms with E-state index in [1.165, 1.54) is 12.1 Å². The molecule has 0 atom stereocenters. The zero-order valence-corrected chi connectivity index (χ0v) is 11.7. The van der Waals surface area contributed by atoms with Crippen LogP contribution in [-0.2, 0) is 12.1 Å². The van der Waals surface area contributed by atoms with Gasteiger partial charge in [0.15, 0.2) is 11.6 Å². The van der Waals surface area contributed by atoms with E-state index in [2.05, 4.69) is 10.2 Å². The van der Waals surface area contributed by atoms with Gasteiger partial charge in [0.05, 0.1) is 5.02 Å². The van der Waals surface area contributed by atoms with Gasteiger partial charge in [-0.15, -0.1) is 10.2 Å². The molecule has 2 aromatic rings. The fourth-order valence-corrected chi connectivity index (χ4v) is 2.13. The molecule has 2 rings (SSSR count). The SMILES string of the molecule is CC(C)(C)n1c(CO)nnc1-c1ccc(F)c(Cl)c1. The number of benzene rings is 1. The molecule has 1 N–H and O–H groups in total. The third-order valence-electron chi connectivity index (χ3n) is 2.72. The Morgan fingerprint density at radius 1 is 1.32 bits per heavy atom. The van der Waals surface area contributed by atoms with Gasteiger partial charge in [-0.25, -0.2) is 4.39 Å². The molecule has 0 amide bonds. The summed E-state index contributed by atoms with van der Waals surface area (Å²) in [6.07, 6.45) is 0. The van der Waals surface area contributed by atoms with Crippen molar-refractivity contribution in [1.82, 2.24) is 14.8 Å². The number of aliphatic hydroxyl groups excluding tert-OH is 1. The first kappa shape index (κ1) is 14.0. The van der Waals surface area contributed by atoms with Crippen molar-refractivity contribution < 1.29 is 9.50 Å². The van der Waals surface area contributed by atoms with E-state index in [-0.39, 0.29) is 17.2 Å². The molecule has 102 valence electrons. The van der Waals surface area contributed by atoms with E-state index in [1.54, 1.807) is 6.07 Å². The van der Waals surface area contributed by atoms with Crippen LogP contribution >= 0.6 is 11.6 Å². The maximum absolute atomic E-state index is 13.2. The van der Waals surface area contributed by atoms with Gasteiger partial charge in [0.25, 0.3) is 0 Å². The first-order valence-corrected chi connectivity index (χ1v) is 6.23. The van der Waals surface area contributed by atoms with Crippen LogP contribution in [0.2, 0.25) is 5.02 Å². The number of aromatic nitrogens is 3. The fourth-order valence-electron chi connectivity index (χ4n) is 1.95. The first-order chi connectivity index (χ1) is 8.84. The van der Waals surface area contributed by atoms with E-state index >= 15 is 0 Å². The monoisotopic (exact) mass is 283 g/mol. The van der Waals surface area contributed by atoms with Crippen molar-refractivity contribution in [2.24, 2.45) is 0 Å². The maximum atomic E-state index is 13.2. The van der Waals surface area contributed by atoms with Crippen molar-refractivity contribution >= 4 is 11.6 Å². The summed E-state index contributed by atoms with van der Waals surface area (Å²) < 4.78 is 15.0. The van der Waals surface area contributed by atoms with E-state index in [1.807, 2.05) is 25.3 Å². The molecule has 0 aliphatic carbocycles. The average Bonchev–Trinajstić information content (AvgIpc) is 2.76. The minimum absolute atomic E-state index is 0.0338. The molecular formula is C13H15ClFN3O. The maximum Gasteiger partial charge on any atom is 0.164 e. The van der Waals surface area contributed by atoms with Crippen molar-refractivity contribution in [3.63, 3.8) is 0 Å². The zero-order valence-electron chi connectivity index (χ0n) is 11.0. The highest BCUT2D eigenvalue weighted by Gasteiger charge is 2.23. The van der Waals surface area contributed by atoms with Gasteiger partial charge in [-0.3, -0.25) is 0 Å². The normalized spacial score (nSPS) is 11.9. The van der Waals surface area contributed by atoms with Gasteiger partial charge in [-0.05, 0) is 39.0 Å². The van der Waals surface area contributed by atoms with Crippen LogP contribution in [0.1, 0.15) is 26.6 Å². The van der Waals surface area contributed by atoms with Crippen molar-refractivity contribution in [1.29, 1.82) is 0 Å². The van der Waals surface area contributed by atoms with Gasteiger partial charge in [-0.2, -0.15) is 0 Å². The highest BCUT2D eigenvalue weighted by molar-refractivity contribution is 6.31. The van der Waals surface area contributed by atoms with E-state index in [4.69, 9.17) is 11.6 Å². The summed E-state index contributed by atoms with van der Waals surface area (Å²) in [5.41, 5.74) is 0.353. The number of hydrogen-bond donors (Lipinski definition) is 1. The molecule has 0 unspecified atom stereocenters. The molecule has 0 radical (unpaired) electrons. The van der Waals surface area contributed by atoms with Crippen molar-refractivity contribution in [2.75, 3.05) is 0 Å². The number of rotatable bonds is 2. The molecule has 4 nitrogen and oxygen atoms in total. The van der Waals surface area contributed by atoms with Gasteiger partial charge in [0.2, 0.25) is 0 Å². The predicted molar refractivity (Wildman–Crippen MR) is 71.3 cm³/mol. The lowest BCUT2D eigenvalue weighted by Gasteiger charge is -2.24. The Balaban J connectivity index is 2.62. The highest BCUT2D eigenvalue weighted by atomic mass is 35.5. The first-order valence-electron chi connectivity index (χ1n) is 5.85. The Morgan fingerprint density at radius 2 is 2.00 bits per heavy atom. The Bertz CT molecular complexity index is 604. The van der Waals surface area contributed by atoms with Gasteiger partial charge < -0.3 is 9.67 Å². The fraction of sp³-hybridized carbons (Fsp3) is 0.385. The minimum Gasteiger partial charge on any atom is -0.388 e. The predicted octanol–water partition coefficient (Wildman–Crippen LogP) is 2.98. The Labute approximate surface area is 115 Å². The minimum atomic E-state index is -0.477. The Morgan fingerprint density at radius 3 is 2.53 bits per heavy atom. The molecule has 0 fully saturated rings. The Hall–Kier alpha value is -1.46. The lowest BCUT2D eigenvalue weighted by atomic mass is 10.1. The van der Waals surface area contributed by atoms with E-state index in [0.29, 0.717) is 17.2 Å². The molecule has 0 aliphatic rings. The molecule has 0 bridgehead atoms. The van der Waals surface area contributed by atoms with Crippen LogP contribution in [0.15, 0.2) is 18.2 Å². The quantitative estimate of drug-likeness (QED) is 0.922. The zero-order chi connectivity index (χ0) is 14.2. The molecule has 0 saturated heterocycles. The third kappa shape index (κ3) is 2.62. The highest BCUT2D eigenvalue weighted by Crippen LogP contribution is 2.28. The summed E-state index contributed by atoms with van der Waals surface area (Å²) >= 11 is 5.79. The van der Waals surface area contributed by atoms with Crippen LogP contribution in [0.25, 0.3) is 11.4 Å². The number of halogens is 2. The molecule has 0 aliphatic heterocycles. The molecule has 19 heavy (non-hydrogen) atoms. The molecule has 1 aromatic heterocycles. The summed E-state index contributed by atoms with van der Waals surface area (Å²) in [7, 11) is 0. The Kier molecular flexibility index (Phi) is 3.60. The second-order valence-corrected chi connectivity index (χ2v) is 5.64. The summed E-state index contributed by atoms with van der Waals surface area (Å²) in [6, 6.07) is 4.39. The van der Waals surface area contributed by atoms with Crippen LogP contribution in [0.5, 0.6) is 0 Å². The van der Waals surface area contributed by atoms with E-state index < -0.39 is 5.82 Å². The van der Waals surface area contributed by atoms with Gasteiger partial charge in [0, 0.05) is 11.1 Å². The summed E-state index contributed by atoms with van der Waals surface area (Å²) in [4.78, 5) is 0. The second kappa shape index (κ2) is 4.90. The van der Waals surface area contributed by atoms with Gasteiger partial charge >= 0.3 is 0 Å². The van der Waals surface area contributed by atoms with Crippen LogP contribution in [-0.4, -0.2) is 19.9 Å². The van der Waals surface area contributed by atoms with Crippen molar-refractivity contribution in [3.8, 4) is 11.4 Å². The molecular weight excluding hydrogens is 269 g/mol. The van der Waals surface area contributed by atoms with Gasteiger partial charge in [0.1, 0.15) is 12.4 Å². The lowest BCUT2D eigenvalue weighted by molar-refractivity contribution is 0.250. The second-order valence-electron chi connectivity index (χ2n) is 5.23. The average molecular weight is 284 g/mol. The number of hydrogen-bond acceptors (Lipinski definition) is 3. The molecule has 1 aromatic carbocycles. The van der Waals surface area contributed by atoms with Crippen LogP contribution in [0.4, 0.5) is 4.39 Å². The number of nitrogens with zero attached hydrogens (tertiary/aromatic N) is 3.